The lowest BCUT2D eigenvalue weighted by molar-refractivity contribution is 0.305. The zero-order chi connectivity index (χ0) is 15.6. The molecule has 0 saturated carbocycles. The van der Waals surface area contributed by atoms with Gasteiger partial charge in [-0.25, -0.2) is 4.68 Å². The topological polar surface area (TPSA) is 52.5 Å². The van der Waals surface area contributed by atoms with Gasteiger partial charge in [-0.3, -0.25) is 4.98 Å². The number of benzene rings is 1. The first kappa shape index (κ1) is 14.0. The summed E-state index contributed by atoms with van der Waals surface area (Å²) in [4.78, 5) is 4.48. The Morgan fingerprint density at radius 3 is 2.91 bits per heavy atom. The van der Waals surface area contributed by atoms with Gasteiger partial charge < -0.3 is 9.47 Å². The zero-order valence-electron chi connectivity index (χ0n) is 12.8. The largest absolute Gasteiger partial charge is 0.487 e. The van der Waals surface area contributed by atoms with Crippen LogP contribution in [0.15, 0.2) is 54.9 Å². The van der Waals surface area contributed by atoms with Crippen molar-refractivity contribution in [2.75, 3.05) is 6.61 Å². The molecule has 0 N–H and O–H groups in total. The highest BCUT2D eigenvalue weighted by atomic mass is 16.6. The van der Waals surface area contributed by atoms with Crippen molar-refractivity contribution in [2.45, 2.75) is 19.8 Å². The van der Waals surface area contributed by atoms with Crippen LogP contribution in [0.3, 0.4) is 0 Å². The minimum atomic E-state index is 0.0547. The molecule has 0 spiro atoms. The van der Waals surface area contributed by atoms with E-state index < -0.39 is 0 Å². The van der Waals surface area contributed by atoms with Gasteiger partial charge in [-0.05, 0) is 30.7 Å². The number of hydrogen-bond acceptors (Lipinski definition) is 4. The summed E-state index contributed by atoms with van der Waals surface area (Å²) >= 11 is 0. The Balaban J connectivity index is 1.46. The molecule has 4 rings (SSSR count). The van der Waals surface area contributed by atoms with E-state index in [2.05, 4.69) is 35.2 Å². The van der Waals surface area contributed by atoms with Crippen LogP contribution in [0.2, 0.25) is 0 Å². The maximum atomic E-state index is 5.80. The van der Waals surface area contributed by atoms with E-state index in [1.165, 1.54) is 5.56 Å². The molecular formula is C18H17N3O2. The average molecular weight is 307 g/mol. The smallest absolute Gasteiger partial charge is 0.174 e. The van der Waals surface area contributed by atoms with Crippen molar-refractivity contribution in [3.05, 3.63) is 66.0 Å². The van der Waals surface area contributed by atoms with Gasteiger partial charge in [0.2, 0.25) is 0 Å². The minimum Gasteiger partial charge on any atom is -0.487 e. The lowest BCUT2D eigenvalue weighted by Gasteiger charge is -2.08. The first-order valence-corrected chi connectivity index (χ1v) is 7.59. The van der Waals surface area contributed by atoms with E-state index in [9.17, 15) is 0 Å². The fourth-order valence-corrected chi connectivity index (χ4v) is 2.52. The molecule has 1 aliphatic rings. The van der Waals surface area contributed by atoms with Gasteiger partial charge in [-0.15, -0.1) is 0 Å². The second kappa shape index (κ2) is 5.85. The van der Waals surface area contributed by atoms with E-state index >= 15 is 0 Å². The van der Waals surface area contributed by atoms with Gasteiger partial charge in [0.15, 0.2) is 6.23 Å². The van der Waals surface area contributed by atoms with E-state index in [1.807, 2.05) is 28.9 Å². The van der Waals surface area contributed by atoms with Gasteiger partial charge >= 0.3 is 0 Å². The molecule has 5 nitrogen and oxygen atoms in total. The van der Waals surface area contributed by atoms with Gasteiger partial charge in [0, 0.05) is 6.20 Å². The molecule has 116 valence electrons. The van der Waals surface area contributed by atoms with Crippen LogP contribution in [-0.2, 0) is 11.3 Å². The SMILES string of the molecule is Cc1cccc(COc2ccc(-c3ccnn3C3CO3)nc2)c1. The Hall–Kier alpha value is -2.66. The number of ether oxygens (including phenoxy) is 2. The summed E-state index contributed by atoms with van der Waals surface area (Å²) in [6, 6.07) is 14.1. The summed E-state index contributed by atoms with van der Waals surface area (Å²) in [5.41, 5.74) is 4.20. The van der Waals surface area contributed by atoms with Crippen molar-refractivity contribution < 1.29 is 9.47 Å². The van der Waals surface area contributed by atoms with Crippen LogP contribution in [0.1, 0.15) is 17.4 Å². The molecule has 3 aromatic rings. The number of aromatic nitrogens is 3. The molecule has 0 amide bonds. The summed E-state index contributed by atoms with van der Waals surface area (Å²) in [5, 5.41) is 4.28. The average Bonchev–Trinajstić information content (AvgIpc) is 3.30. The predicted octanol–water partition coefficient (Wildman–Crippen LogP) is 3.36. The fourth-order valence-electron chi connectivity index (χ4n) is 2.52. The minimum absolute atomic E-state index is 0.0547. The standard InChI is InChI=1S/C18H17N3O2/c1-13-3-2-4-14(9-13)11-22-15-5-6-16(19-10-15)17-7-8-20-21(17)18-12-23-18/h2-10,18H,11-12H2,1H3. The normalized spacial score (nSPS) is 16.3. The zero-order valence-corrected chi connectivity index (χ0v) is 12.8. The molecule has 23 heavy (non-hydrogen) atoms. The van der Waals surface area contributed by atoms with Crippen LogP contribution in [0.4, 0.5) is 0 Å². The van der Waals surface area contributed by atoms with Crippen molar-refractivity contribution >= 4 is 0 Å². The van der Waals surface area contributed by atoms with E-state index in [0.29, 0.717) is 13.2 Å². The van der Waals surface area contributed by atoms with E-state index in [1.54, 1.807) is 12.4 Å². The van der Waals surface area contributed by atoms with E-state index in [-0.39, 0.29) is 6.23 Å². The van der Waals surface area contributed by atoms with Crippen LogP contribution in [0.5, 0.6) is 5.75 Å². The molecule has 2 aromatic heterocycles. The highest BCUT2D eigenvalue weighted by molar-refractivity contribution is 5.54. The third-order valence-electron chi connectivity index (χ3n) is 3.75. The third kappa shape index (κ3) is 3.10. The second-order valence-corrected chi connectivity index (χ2v) is 5.61. The Labute approximate surface area is 134 Å². The number of pyridine rings is 1. The lowest BCUT2D eigenvalue weighted by Crippen LogP contribution is -2.01. The molecular weight excluding hydrogens is 290 g/mol. The van der Waals surface area contributed by atoms with E-state index in [4.69, 9.17) is 9.47 Å². The van der Waals surface area contributed by atoms with Crippen LogP contribution in [0, 0.1) is 6.92 Å². The monoisotopic (exact) mass is 307 g/mol. The van der Waals surface area contributed by atoms with Gasteiger partial charge in [0.25, 0.3) is 0 Å². The molecule has 3 heterocycles. The van der Waals surface area contributed by atoms with Crippen molar-refractivity contribution in [3.8, 4) is 17.1 Å². The van der Waals surface area contributed by atoms with Crippen molar-refractivity contribution in [3.63, 3.8) is 0 Å². The van der Waals surface area contributed by atoms with Crippen LogP contribution < -0.4 is 4.74 Å². The first-order valence-electron chi connectivity index (χ1n) is 7.59. The number of rotatable bonds is 5. The molecule has 0 radical (unpaired) electrons. The Kier molecular flexibility index (Phi) is 3.55. The molecule has 1 aliphatic heterocycles. The van der Waals surface area contributed by atoms with Crippen molar-refractivity contribution in [2.24, 2.45) is 0 Å². The van der Waals surface area contributed by atoms with Crippen LogP contribution >= 0.6 is 0 Å². The highest BCUT2D eigenvalue weighted by Crippen LogP contribution is 2.28. The van der Waals surface area contributed by atoms with Crippen LogP contribution in [-0.4, -0.2) is 21.4 Å². The quantitative estimate of drug-likeness (QED) is 0.678. The number of hydrogen-bond donors (Lipinski definition) is 0. The number of epoxide rings is 1. The second-order valence-electron chi connectivity index (χ2n) is 5.61. The molecule has 1 saturated heterocycles. The molecule has 1 fully saturated rings. The maximum absolute atomic E-state index is 5.80. The highest BCUT2D eigenvalue weighted by Gasteiger charge is 2.28. The molecule has 0 aliphatic carbocycles. The van der Waals surface area contributed by atoms with Crippen molar-refractivity contribution in [1.29, 1.82) is 0 Å². The lowest BCUT2D eigenvalue weighted by atomic mass is 10.1. The van der Waals surface area contributed by atoms with E-state index in [0.717, 1.165) is 22.7 Å². The number of aryl methyl sites for hydroxylation is 1. The number of nitrogens with zero attached hydrogens (tertiary/aromatic N) is 3. The third-order valence-corrected chi connectivity index (χ3v) is 3.75. The van der Waals surface area contributed by atoms with Gasteiger partial charge in [0.05, 0.1) is 24.2 Å². The van der Waals surface area contributed by atoms with Gasteiger partial charge in [-0.2, -0.15) is 5.10 Å². The molecule has 1 unspecified atom stereocenters. The molecule has 1 atom stereocenters. The molecule has 1 aromatic carbocycles. The summed E-state index contributed by atoms with van der Waals surface area (Å²) < 4.78 is 12.9. The summed E-state index contributed by atoms with van der Waals surface area (Å²) in [6.07, 6.45) is 3.57. The first-order chi connectivity index (χ1) is 11.3. The summed E-state index contributed by atoms with van der Waals surface area (Å²) in [7, 11) is 0. The Morgan fingerprint density at radius 2 is 2.17 bits per heavy atom. The fraction of sp³-hybridized carbons (Fsp3) is 0.222. The van der Waals surface area contributed by atoms with Gasteiger partial charge in [-0.1, -0.05) is 29.8 Å². The predicted molar refractivity (Wildman–Crippen MR) is 86.0 cm³/mol. The van der Waals surface area contributed by atoms with Gasteiger partial charge in [0.1, 0.15) is 12.4 Å². The van der Waals surface area contributed by atoms with Crippen LogP contribution in [0.25, 0.3) is 11.4 Å². The summed E-state index contributed by atoms with van der Waals surface area (Å²) in [6.45, 7) is 3.33. The Bertz CT molecular complexity index is 807. The molecule has 0 bridgehead atoms. The maximum Gasteiger partial charge on any atom is 0.174 e. The Morgan fingerprint density at radius 1 is 1.26 bits per heavy atom. The molecule has 5 heteroatoms. The van der Waals surface area contributed by atoms with Crippen molar-refractivity contribution in [1.82, 2.24) is 14.8 Å². The summed E-state index contributed by atoms with van der Waals surface area (Å²) in [5.74, 6) is 0.754.